The molecule has 21 heavy (non-hydrogen) atoms. The minimum atomic E-state index is 0.293. The van der Waals surface area contributed by atoms with E-state index in [1.54, 1.807) is 0 Å². The molecule has 1 heterocycles. The number of rotatable bonds is 4. The number of ether oxygens (including phenoxy) is 1. The number of nitrogens with zero attached hydrogens (tertiary/aromatic N) is 2. The lowest BCUT2D eigenvalue weighted by Gasteiger charge is -2.22. The van der Waals surface area contributed by atoms with Gasteiger partial charge in [-0.05, 0) is 25.7 Å². The van der Waals surface area contributed by atoms with Gasteiger partial charge >= 0.3 is 0 Å². The maximum absolute atomic E-state index is 6.07. The van der Waals surface area contributed by atoms with Crippen molar-refractivity contribution in [2.24, 2.45) is 0 Å². The number of hydrogen-bond acceptors (Lipinski definition) is 4. The van der Waals surface area contributed by atoms with Crippen molar-refractivity contribution in [3.05, 3.63) is 36.4 Å². The third-order valence-electron chi connectivity index (χ3n) is 3.83. The fraction of sp³-hybridized carbons (Fsp3) is 0.412. The summed E-state index contributed by atoms with van der Waals surface area (Å²) in [6.45, 7) is 0. The van der Waals surface area contributed by atoms with Gasteiger partial charge in [0.2, 0.25) is 5.88 Å². The quantitative estimate of drug-likeness (QED) is 0.924. The van der Waals surface area contributed by atoms with Gasteiger partial charge in [-0.2, -0.15) is 4.98 Å². The summed E-state index contributed by atoms with van der Waals surface area (Å²) in [5.74, 6) is 2.16. The zero-order chi connectivity index (χ0) is 14.5. The van der Waals surface area contributed by atoms with Crippen LogP contribution in [0.1, 0.15) is 32.1 Å². The van der Waals surface area contributed by atoms with Gasteiger partial charge < -0.3 is 10.1 Å². The lowest BCUT2D eigenvalue weighted by Crippen LogP contribution is -2.20. The van der Waals surface area contributed by atoms with Crippen LogP contribution < -0.4 is 10.1 Å². The van der Waals surface area contributed by atoms with Gasteiger partial charge in [-0.1, -0.05) is 36.8 Å². The van der Waals surface area contributed by atoms with E-state index in [1.807, 2.05) is 43.4 Å². The standard InChI is InChI=1S/C17H21N3O/c1-18-15-12-16(21-14-10-6-3-7-11-14)20-17(19-15)13-8-4-2-5-9-13/h2,4-5,8-9,12,14H,3,6-7,10-11H2,1H3,(H,18,19,20). The maximum Gasteiger partial charge on any atom is 0.219 e. The van der Waals surface area contributed by atoms with Crippen LogP contribution in [0.15, 0.2) is 36.4 Å². The Balaban J connectivity index is 1.86. The number of anilines is 1. The van der Waals surface area contributed by atoms with Crippen molar-refractivity contribution in [2.75, 3.05) is 12.4 Å². The van der Waals surface area contributed by atoms with Gasteiger partial charge in [0.05, 0.1) is 0 Å². The molecule has 1 aliphatic carbocycles. The van der Waals surface area contributed by atoms with E-state index < -0.39 is 0 Å². The van der Waals surface area contributed by atoms with Crippen molar-refractivity contribution in [2.45, 2.75) is 38.2 Å². The van der Waals surface area contributed by atoms with Crippen LogP contribution in [0.25, 0.3) is 11.4 Å². The minimum absolute atomic E-state index is 0.293. The first kappa shape index (κ1) is 13.9. The highest BCUT2D eigenvalue weighted by Crippen LogP contribution is 2.25. The Bertz CT molecular complexity index is 580. The third-order valence-corrected chi connectivity index (χ3v) is 3.83. The Morgan fingerprint density at radius 1 is 1.05 bits per heavy atom. The number of aromatic nitrogens is 2. The van der Waals surface area contributed by atoms with E-state index in [9.17, 15) is 0 Å². The lowest BCUT2D eigenvalue weighted by atomic mass is 9.98. The monoisotopic (exact) mass is 283 g/mol. The number of nitrogens with one attached hydrogen (secondary N) is 1. The highest BCUT2D eigenvalue weighted by atomic mass is 16.5. The van der Waals surface area contributed by atoms with Gasteiger partial charge in [-0.15, -0.1) is 0 Å². The Kier molecular flexibility index (Phi) is 4.34. The van der Waals surface area contributed by atoms with E-state index in [1.165, 1.54) is 19.3 Å². The predicted octanol–water partition coefficient (Wildman–Crippen LogP) is 3.90. The van der Waals surface area contributed by atoms with Crippen LogP contribution in [0.4, 0.5) is 5.82 Å². The molecule has 0 radical (unpaired) electrons. The molecule has 2 aromatic rings. The molecule has 4 nitrogen and oxygen atoms in total. The Morgan fingerprint density at radius 3 is 2.52 bits per heavy atom. The molecule has 0 saturated heterocycles. The lowest BCUT2D eigenvalue weighted by molar-refractivity contribution is 0.149. The van der Waals surface area contributed by atoms with E-state index in [0.29, 0.717) is 17.8 Å². The molecular weight excluding hydrogens is 262 g/mol. The number of hydrogen-bond donors (Lipinski definition) is 1. The summed E-state index contributed by atoms with van der Waals surface area (Å²) in [5.41, 5.74) is 1.00. The Hall–Kier alpha value is -2.10. The SMILES string of the molecule is CNc1cc(OC2CCCCC2)nc(-c2ccccc2)n1. The molecule has 1 aromatic carbocycles. The Morgan fingerprint density at radius 2 is 1.81 bits per heavy atom. The van der Waals surface area contributed by atoms with E-state index in [4.69, 9.17) is 4.74 Å². The minimum Gasteiger partial charge on any atom is -0.474 e. The molecule has 0 aliphatic heterocycles. The number of benzene rings is 1. The summed E-state index contributed by atoms with van der Waals surface area (Å²) in [7, 11) is 1.86. The van der Waals surface area contributed by atoms with Crippen LogP contribution >= 0.6 is 0 Å². The molecule has 110 valence electrons. The van der Waals surface area contributed by atoms with Crippen molar-refractivity contribution in [1.82, 2.24) is 9.97 Å². The Labute approximate surface area is 125 Å². The fourth-order valence-corrected chi connectivity index (χ4v) is 2.68. The first-order chi connectivity index (χ1) is 10.3. The molecule has 1 aliphatic rings. The molecule has 1 N–H and O–H groups in total. The maximum atomic E-state index is 6.07. The molecule has 0 unspecified atom stereocenters. The fourth-order valence-electron chi connectivity index (χ4n) is 2.68. The van der Waals surface area contributed by atoms with Crippen LogP contribution in [-0.4, -0.2) is 23.1 Å². The molecule has 1 saturated carbocycles. The normalized spacial score (nSPS) is 15.7. The average Bonchev–Trinajstić information content (AvgIpc) is 2.56. The van der Waals surface area contributed by atoms with Gasteiger partial charge in [0, 0.05) is 18.7 Å². The summed E-state index contributed by atoms with van der Waals surface area (Å²) in [5, 5.41) is 3.08. The molecule has 0 amide bonds. The third kappa shape index (κ3) is 3.51. The molecule has 3 rings (SSSR count). The van der Waals surface area contributed by atoms with Crippen molar-refractivity contribution < 1.29 is 4.74 Å². The first-order valence-electron chi connectivity index (χ1n) is 7.64. The zero-order valence-corrected chi connectivity index (χ0v) is 12.4. The second-order valence-corrected chi connectivity index (χ2v) is 5.41. The van der Waals surface area contributed by atoms with Crippen LogP contribution in [0, 0.1) is 0 Å². The predicted molar refractivity (Wildman–Crippen MR) is 84.5 cm³/mol. The van der Waals surface area contributed by atoms with Crippen LogP contribution in [0.3, 0.4) is 0 Å². The van der Waals surface area contributed by atoms with Crippen LogP contribution in [-0.2, 0) is 0 Å². The summed E-state index contributed by atoms with van der Waals surface area (Å²) < 4.78 is 6.07. The second kappa shape index (κ2) is 6.57. The van der Waals surface area contributed by atoms with Crippen molar-refractivity contribution in [3.8, 4) is 17.3 Å². The summed E-state index contributed by atoms with van der Waals surface area (Å²) >= 11 is 0. The highest BCUT2D eigenvalue weighted by Gasteiger charge is 2.16. The van der Waals surface area contributed by atoms with Gasteiger partial charge in [0.1, 0.15) is 11.9 Å². The summed E-state index contributed by atoms with van der Waals surface area (Å²) in [6.07, 6.45) is 6.36. The first-order valence-corrected chi connectivity index (χ1v) is 7.64. The van der Waals surface area contributed by atoms with Crippen molar-refractivity contribution in [1.29, 1.82) is 0 Å². The summed E-state index contributed by atoms with van der Waals surface area (Å²) in [4.78, 5) is 9.09. The van der Waals surface area contributed by atoms with Gasteiger partial charge in [-0.25, -0.2) is 4.98 Å². The highest BCUT2D eigenvalue weighted by molar-refractivity contribution is 5.58. The van der Waals surface area contributed by atoms with E-state index in [0.717, 1.165) is 24.2 Å². The average molecular weight is 283 g/mol. The molecule has 0 bridgehead atoms. The second-order valence-electron chi connectivity index (χ2n) is 5.41. The molecule has 0 atom stereocenters. The van der Waals surface area contributed by atoms with Crippen molar-refractivity contribution in [3.63, 3.8) is 0 Å². The van der Waals surface area contributed by atoms with Crippen molar-refractivity contribution >= 4 is 5.82 Å². The topological polar surface area (TPSA) is 47.0 Å². The molecule has 1 aromatic heterocycles. The van der Waals surface area contributed by atoms with Gasteiger partial charge in [-0.3, -0.25) is 0 Å². The van der Waals surface area contributed by atoms with E-state index >= 15 is 0 Å². The molecular formula is C17H21N3O. The zero-order valence-electron chi connectivity index (χ0n) is 12.4. The van der Waals surface area contributed by atoms with Crippen LogP contribution in [0.2, 0.25) is 0 Å². The van der Waals surface area contributed by atoms with E-state index in [-0.39, 0.29) is 0 Å². The molecule has 4 heteroatoms. The van der Waals surface area contributed by atoms with Gasteiger partial charge in [0.15, 0.2) is 5.82 Å². The van der Waals surface area contributed by atoms with Gasteiger partial charge in [0.25, 0.3) is 0 Å². The summed E-state index contributed by atoms with van der Waals surface area (Å²) in [6, 6.07) is 11.9. The molecule has 0 spiro atoms. The van der Waals surface area contributed by atoms with E-state index in [2.05, 4.69) is 15.3 Å². The largest absolute Gasteiger partial charge is 0.474 e. The smallest absolute Gasteiger partial charge is 0.219 e. The molecule has 1 fully saturated rings. The van der Waals surface area contributed by atoms with Crippen LogP contribution in [0.5, 0.6) is 5.88 Å².